The molecule has 3 aromatic rings. The highest BCUT2D eigenvalue weighted by Crippen LogP contribution is 2.31. The van der Waals surface area contributed by atoms with Crippen molar-refractivity contribution in [2.24, 2.45) is 0 Å². The van der Waals surface area contributed by atoms with E-state index >= 15 is 0 Å². The lowest BCUT2D eigenvalue weighted by molar-refractivity contribution is 0.295. The van der Waals surface area contributed by atoms with Crippen LogP contribution in [0.5, 0.6) is 0 Å². The number of aromatic nitrogens is 2. The molecule has 0 radical (unpaired) electrons. The van der Waals surface area contributed by atoms with Crippen LogP contribution in [0.15, 0.2) is 30.3 Å². The third kappa shape index (κ3) is 6.97. The van der Waals surface area contributed by atoms with Crippen molar-refractivity contribution in [1.29, 1.82) is 0 Å². The molecule has 0 aliphatic rings. The molecule has 0 amide bonds. The zero-order valence-electron chi connectivity index (χ0n) is 19.2. The van der Waals surface area contributed by atoms with E-state index in [1.807, 2.05) is 18.2 Å². The number of hydrogen-bond acceptors (Lipinski definition) is 5. The van der Waals surface area contributed by atoms with Gasteiger partial charge in [-0.1, -0.05) is 48.7 Å². The van der Waals surface area contributed by atoms with Gasteiger partial charge in [0.2, 0.25) is 0 Å². The zero-order valence-corrected chi connectivity index (χ0v) is 21.5. The second kappa shape index (κ2) is 11.9. The molecule has 1 heterocycles. The fraction of sp³-hybridized carbons (Fsp3) is 0.360. The van der Waals surface area contributed by atoms with Crippen LogP contribution in [0.1, 0.15) is 45.0 Å². The molecule has 0 bridgehead atoms. The number of anilines is 2. The first-order valence-electron chi connectivity index (χ1n) is 11.2. The summed E-state index contributed by atoms with van der Waals surface area (Å²) in [6.45, 7) is 9.80. The molecule has 1 aromatic heterocycles. The Morgan fingerprint density at radius 2 is 1.73 bits per heavy atom. The number of halogens is 3. The lowest BCUT2D eigenvalue weighted by Gasteiger charge is -2.20. The first-order valence-corrected chi connectivity index (χ1v) is 12.3. The summed E-state index contributed by atoms with van der Waals surface area (Å²) in [5, 5.41) is 5.88. The van der Waals surface area contributed by atoms with Gasteiger partial charge >= 0.3 is 0 Å². The number of nitrogens with zero attached hydrogens (tertiary/aromatic N) is 3. The van der Waals surface area contributed by atoms with Crippen LogP contribution in [0.2, 0.25) is 15.1 Å². The van der Waals surface area contributed by atoms with Crippen LogP contribution < -0.4 is 11.1 Å². The van der Waals surface area contributed by atoms with Gasteiger partial charge in [0.25, 0.3) is 0 Å². The fourth-order valence-electron chi connectivity index (χ4n) is 3.69. The van der Waals surface area contributed by atoms with E-state index in [1.165, 1.54) is 0 Å². The lowest BCUT2D eigenvalue weighted by Crippen LogP contribution is -2.25. The van der Waals surface area contributed by atoms with Gasteiger partial charge < -0.3 is 16.0 Å². The normalized spacial score (nSPS) is 12.7. The van der Waals surface area contributed by atoms with Crippen LogP contribution in [0, 0.1) is 0 Å². The van der Waals surface area contributed by atoms with Gasteiger partial charge in [-0.2, -0.15) is 0 Å². The lowest BCUT2D eigenvalue weighted by atomic mass is 10.1. The molecule has 0 saturated carbocycles. The van der Waals surface area contributed by atoms with Crippen molar-refractivity contribution in [2.45, 2.75) is 39.7 Å². The molecule has 0 aliphatic carbocycles. The standard InChI is InChI=1S/C25H30Cl3N5/c1-4-33(5-2)12-6-7-16(3)30-25-20-15-18(29)8-10-23(20)31-24(32-25)11-9-19-21(27)13-17(26)14-22(19)28/h8-11,13-16H,4-7,12,29H2,1-3H3,(H,30,31,32)/b11-9+/t16-/m1/s1. The van der Waals surface area contributed by atoms with E-state index in [9.17, 15) is 0 Å². The summed E-state index contributed by atoms with van der Waals surface area (Å²) in [5.74, 6) is 1.31. The third-order valence-electron chi connectivity index (χ3n) is 5.57. The summed E-state index contributed by atoms with van der Waals surface area (Å²) >= 11 is 18.6. The van der Waals surface area contributed by atoms with Crippen LogP contribution in [0.25, 0.3) is 23.1 Å². The summed E-state index contributed by atoms with van der Waals surface area (Å²) in [6.07, 6.45) is 5.75. The average Bonchev–Trinajstić information content (AvgIpc) is 2.76. The van der Waals surface area contributed by atoms with E-state index < -0.39 is 0 Å². The van der Waals surface area contributed by atoms with Crippen LogP contribution in [-0.4, -0.2) is 40.5 Å². The third-order valence-corrected chi connectivity index (χ3v) is 6.41. The van der Waals surface area contributed by atoms with E-state index in [0.717, 1.165) is 49.2 Å². The van der Waals surface area contributed by atoms with Crippen LogP contribution in [0.3, 0.4) is 0 Å². The molecule has 5 nitrogen and oxygen atoms in total. The Morgan fingerprint density at radius 1 is 1.03 bits per heavy atom. The highest BCUT2D eigenvalue weighted by molar-refractivity contribution is 6.40. The first-order chi connectivity index (χ1) is 15.8. The molecule has 176 valence electrons. The number of nitrogens with two attached hydrogens (primary N) is 1. The number of nitrogen functional groups attached to an aromatic ring is 1. The van der Waals surface area contributed by atoms with Crippen LogP contribution in [0.4, 0.5) is 11.5 Å². The summed E-state index contributed by atoms with van der Waals surface area (Å²) in [5.41, 5.74) is 8.20. The van der Waals surface area contributed by atoms with Gasteiger partial charge in [0, 0.05) is 27.7 Å². The highest BCUT2D eigenvalue weighted by Gasteiger charge is 2.12. The SMILES string of the molecule is CCN(CC)CCC[C@@H](C)Nc1nc(/C=C/c2c(Cl)cc(Cl)cc2Cl)nc2ccc(N)cc12. The van der Waals surface area contributed by atoms with Crippen molar-refractivity contribution in [3.05, 3.63) is 56.8 Å². The Balaban J connectivity index is 1.86. The average molecular weight is 507 g/mol. The minimum Gasteiger partial charge on any atom is -0.399 e. The largest absolute Gasteiger partial charge is 0.399 e. The molecule has 33 heavy (non-hydrogen) atoms. The zero-order chi connectivity index (χ0) is 24.0. The molecule has 0 unspecified atom stereocenters. The van der Waals surface area contributed by atoms with Gasteiger partial charge in [-0.3, -0.25) is 0 Å². The van der Waals surface area contributed by atoms with E-state index in [4.69, 9.17) is 45.5 Å². The fourth-order valence-corrected chi connectivity index (χ4v) is 4.63. The highest BCUT2D eigenvalue weighted by atomic mass is 35.5. The second-order valence-electron chi connectivity index (χ2n) is 8.04. The molecule has 3 rings (SSSR count). The van der Waals surface area contributed by atoms with Gasteiger partial charge in [0.05, 0.1) is 15.6 Å². The maximum Gasteiger partial charge on any atom is 0.154 e. The van der Waals surface area contributed by atoms with E-state index in [2.05, 4.69) is 36.0 Å². The Bertz CT molecular complexity index is 1110. The molecule has 3 N–H and O–H groups in total. The van der Waals surface area contributed by atoms with E-state index in [0.29, 0.717) is 32.1 Å². The van der Waals surface area contributed by atoms with Gasteiger partial charge in [0.1, 0.15) is 5.82 Å². The minimum absolute atomic E-state index is 0.247. The number of fused-ring (bicyclic) bond motifs is 1. The van der Waals surface area contributed by atoms with Crippen molar-refractivity contribution in [1.82, 2.24) is 14.9 Å². The van der Waals surface area contributed by atoms with Gasteiger partial charge in [0.15, 0.2) is 5.82 Å². The number of hydrogen-bond donors (Lipinski definition) is 2. The summed E-state index contributed by atoms with van der Waals surface area (Å²) < 4.78 is 0. The Morgan fingerprint density at radius 3 is 2.39 bits per heavy atom. The molecule has 0 spiro atoms. The monoisotopic (exact) mass is 505 g/mol. The topological polar surface area (TPSA) is 67.1 Å². The molecule has 0 aliphatic heterocycles. The van der Waals surface area contributed by atoms with Crippen molar-refractivity contribution in [2.75, 3.05) is 30.7 Å². The molecule has 0 saturated heterocycles. The number of rotatable bonds is 10. The van der Waals surface area contributed by atoms with Gasteiger partial charge in [-0.25, -0.2) is 9.97 Å². The van der Waals surface area contributed by atoms with Crippen molar-refractivity contribution < 1.29 is 0 Å². The van der Waals surface area contributed by atoms with Gasteiger partial charge in [-0.15, -0.1) is 0 Å². The Hall–Kier alpha value is -2.05. The maximum atomic E-state index is 6.31. The molecule has 0 fully saturated rings. The Kier molecular flexibility index (Phi) is 9.21. The van der Waals surface area contributed by atoms with Crippen molar-refractivity contribution >= 4 is 69.4 Å². The summed E-state index contributed by atoms with van der Waals surface area (Å²) in [7, 11) is 0. The maximum absolute atomic E-state index is 6.31. The van der Waals surface area contributed by atoms with Crippen LogP contribution in [-0.2, 0) is 0 Å². The molecule has 1 atom stereocenters. The quantitative estimate of drug-likeness (QED) is 0.283. The number of nitrogens with one attached hydrogen (secondary N) is 1. The second-order valence-corrected chi connectivity index (χ2v) is 9.29. The van der Waals surface area contributed by atoms with E-state index in [-0.39, 0.29) is 6.04 Å². The van der Waals surface area contributed by atoms with Gasteiger partial charge in [-0.05, 0) is 81.9 Å². The minimum atomic E-state index is 0.247. The smallest absolute Gasteiger partial charge is 0.154 e. The molecule has 2 aromatic carbocycles. The summed E-state index contributed by atoms with van der Waals surface area (Å²) in [6, 6.07) is 9.21. The molecular formula is C25H30Cl3N5. The summed E-state index contributed by atoms with van der Waals surface area (Å²) in [4.78, 5) is 11.9. The molecular weight excluding hydrogens is 477 g/mol. The first kappa shape index (κ1) is 25.6. The van der Waals surface area contributed by atoms with Crippen LogP contribution >= 0.6 is 34.8 Å². The van der Waals surface area contributed by atoms with Crippen molar-refractivity contribution in [3.63, 3.8) is 0 Å². The predicted molar refractivity (Wildman–Crippen MR) is 144 cm³/mol. The Labute approximate surface area is 210 Å². The van der Waals surface area contributed by atoms with Crippen molar-refractivity contribution in [3.8, 4) is 0 Å². The van der Waals surface area contributed by atoms with E-state index in [1.54, 1.807) is 24.3 Å². The molecule has 8 heteroatoms. The predicted octanol–water partition coefficient (Wildman–Crippen LogP) is 7.27. The number of benzene rings is 2.